The monoisotopic (exact) mass is 282 g/mol. The molecular weight excluding hydrogens is 263 g/mol. The quantitative estimate of drug-likeness (QED) is 0.791. The number of ether oxygens (including phenoxy) is 1. The first-order valence-corrected chi connectivity index (χ1v) is 6.60. The minimum absolute atomic E-state index is 0.149. The van der Waals surface area contributed by atoms with Gasteiger partial charge in [-0.1, -0.05) is 6.07 Å². The number of rotatable bonds is 3. The van der Waals surface area contributed by atoms with Crippen LogP contribution < -0.4 is 10.6 Å². The molecule has 1 aliphatic rings. The Labute approximate surface area is 117 Å². The summed E-state index contributed by atoms with van der Waals surface area (Å²) < 4.78 is 18.5. The lowest BCUT2D eigenvalue weighted by Gasteiger charge is -2.32. The van der Waals surface area contributed by atoms with E-state index in [9.17, 15) is 14.3 Å². The Morgan fingerprint density at radius 3 is 2.85 bits per heavy atom. The molecule has 0 unspecified atom stereocenters. The molecular formula is C14H19FN2O3. The number of hydrogen-bond acceptors (Lipinski definition) is 3. The molecule has 0 saturated carbocycles. The maximum absolute atomic E-state index is 13.3. The highest BCUT2D eigenvalue weighted by Gasteiger charge is 2.30. The number of carbonyl (C=O) groups excluding carboxylic acids is 1. The normalized spacial score (nSPS) is 17.6. The second kappa shape index (κ2) is 6.19. The summed E-state index contributed by atoms with van der Waals surface area (Å²) in [5.74, 6) is -0.370. The van der Waals surface area contributed by atoms with Gasteiger partial charge in [-0.15, -0.1) is 0 Å². The van der Waals surface area contributed by atoms with E-state index in [4.69, 9.17) is 4.74 Å². The van der Waals surface area contributed by atoms with Crippen molar-refractivity contribution in [2.45, 2.75) is 25.4 Å². The number of amides is 2. The Morgan fingerprint density at radius 1 is 1.45 bits per heavy atom. The number of anilines is 1. The van der Waals surface area contributed by atoms with E-state index in [2.05, 4.69) is 10.6 Å². The molecule has 110 valence electrons. The highest BCUT2D eigenvalue weighted by Crippen LogP contribution is 2.20. The standard InChI is InChI=1S/C14H19FN2O3/c1-10-11(15)3-2-4-12(10)17-13(18)16-9-14(19)5-7-20-8-6-14/h2-4,19H,5-9H2,1H3,(H2,16,17,18). The molecule has 0 aromatic heterocycles. The van der Waals surface area contributed by atoms with Gasteiger partial charge in [-0.3, -0.25) is 0 Å². The van der Waals surface area contributed by atoms with Crippen LogP contribution in [0.1, 0.15) is 18.4 Å². The second-order valence-electron chi connectivity index (χ2n) is 5.06. The van der Waals surface area contributed by atoms with Gasteiger partial charge in [-0.05, 0) is 19.1 Å². The SMILES string of the molecule is Cc1c(F)cccc1NC(=O)NCC1(O)CCOCC1. The van der Waals surface area contributed by atoms with Gasteiger partial charge in [0.2, 0.25) is 0 Å². The Bertz CT molecular complexity index is 487. The van der Waals surface area contributed by atoms with Gasteiger partial charge in [-0.25, -0.2) is 9.18 Å². The van der Waals surface area contributed by atoms with E-state index in [-0.39, 0.29) is 12.4 Å². The molecule has 1 aliphatic heterocycles. The van der Waals surface area contributed by atoms with Crippen LogP contribution in [0.25, 0.3) is 0 Å². The third kappa shape index (κ3) is 3.68. The number of urea groups is 1. The van der Waals surface area contributed by atoms with Crippen molar-refractivity contribution in [2.24, 2.45) is 0 Å². The molecule has 6 heteroatoms. The van der Waals surface area contributed by atoms with Crippen LogP contribution in [0.3, 0.4) is 0 Å². The van der Waals surface area contributed by atoms with Crippen LogP contribution in [-0.4, -0.2) is 36.5 Å². The van der Waals surface area contributed by atoms with E-state index >= 15 is 0 Å². The Kier molecular flexibility index (Phi) is 4.57. The molecule has 0 bridgehead atoms. The summed E-state index contributed by atoms with van der Waals surface area (Å²) in [7, 11) is 0. The van der Waals surface area contributed by atoms with Gasteiger partial charge < -0.3 is 20.5 Å². The van der Waals surface area contributed by atoms with Crippen molar-refractivity contribution in [3.05, 3.63) is 29.6 Å². The summed E-state index contributed by atoms with van der Waals surface area (Å²) >= 11 is 0. The van der Waals surface area contributed by atoms with Crippen LogP contribution in [0.15, 0.2) is 18.2 Å². The molecule has 0 aliphatic carbocycles. The van der Waals surface area contributed by atoms with Gasteiger partial charge in [0.05, 0.1) is 5.60 Å². The van der Waals surface area contributed by atoms with Crippen molar-refractivity contribution in [1.29, 1.82) is 0 Å². The maximum atomic E-state index is 13.3. The van der Waals surface area contributed by atoms with Crippen molar-refractivity contribution in [3.8, 4) is 0 Å². The zero-order chi connectivity index (χ0) is 14.6. The Morgan fingerprint density at radius 2 is 2.15 bits per heavy atom. The number of hydrogen-bond donors (Lipinski definition) is 3. The molecule has 5 nitrogen and oxygen atoms in total. The van der Waals surface area contributed by atoms with Gasteiger partial charge in [0.1, 0.15) is 5.82 Å². The Balaban J connectivity index is 1.88. The lowest BCUT2D eigenvalue weighted by Crippen LogP contribution is -2.47. The topological polar surface area (TPSA) is 70.6 Å². The van der Waals surface area contributed by atoms with E-state index in [1.54, 1.807) is 13.0 Å². The van der Waals surface area contributed by atoms with Crippen LogP contribution >= 0.6 is 0 Å². The summed E-state index contributed by atoms with van der Waals surface area (Å²) in [6, 6.07) is 4.03. The van der Waals surface area contributed by atoms with Crippen molar-refractivity contribution in [3.63, 3.8) is 0 Å². The number of aliphatic hydroxyl groups is 1. The summed E-state index contributed by atoms with van der Waals surface area (Å²) in [5, 5.41) is 15.4. The van der Waals surface area contributed by atoms with E-state index in [0.29, 0.717) is 37.3 Å². The summed E-state index contributed by atoms with van der Waals surface area (Å²) in [6.45, 7) is 2.72. The predicted molar refractivity (Wildman–Crippen MR) is 73.2 cm³/mol. The molecule has 2 rings (SSSR count). The van der Waals surface area contributed by atoms with Crippen molar-refractivity contribution in [2.75, 3.05) is 25.1 Å². The number of halogens is 1. The lowest BCUT2D eigenvalue weighted by atomic mass is 9.94. The maximum Gasteiger partial charge on any atom is 0.319 e. The van der Waals surface area contributed by atoms with E-state index in [0.717, 1.165) is 0 Å². The molecule has 1 fully saturated rings. The average Bonchev–Trinajstić information content (AvgIpc) is 2.43. The zero-order valence-electron chi connectivity index (χ0n) is 11.4. The first-order chi connectivity index (χ1) is 9.50. The van der Waals surface area contributed by atoms with Gasteiger partial charge in [0.25, 0.3) is 0 Å². The molecule has 0 radical (unpaired) electrons. The van der Waals surface area contributed by atoms with Crippen molar-refractivity contribution < 1.29 is 19.0 Å². The van der Waals surface area contributed by atoms with Gasteiger partial charge in [0.15, 0.2) is 0 Å². The van der Waals surface area contributed by atoms with Crippen LogP contribution in [0.4, 0.5) is 14.9 Å². The molecule has 1 heterocycles. The second-order valence-corrected chi connectivity index (χ2v) is 5.06. The molecule has 1 aromatic carbocycles. The first-order valence-electron chi connectivity index (χ1n) is 6.60. The van der Waals surface area contributed by atoms with Crippen LogP contribution in [-0.2, 0) is 4.74 Å². The number of carbonyl (C=O) groups is 1. The zero-order valence-corrected chi connectivity index (χ0v) is 11.4. The summed E-state index contributed by atoms with van der Waals surface area (Å²) in [6.07, 6.45) is 0.985. The average molecular weight is 282 g/mol. The fraction of sp³-hybridized carbons (Fsp3) is 0.500. The minimum atomic E-state index is -0.924. The third-order valence-corrected chi connectivity index (χ3v) is 3.52. The largest absolute Gasteiger partial charge is 0.388 e. The van der Waals surface area contributed by atoms with E-state index in [1.165, 1.54) is 12.1 Å². The molecule has 2 amide bonds. The first kappa shape index (κ1) is 14.7. The summed E-state index contributed by atoms with van der Waals surface area (Å²) in [4.78, 5) is 11.8. The molecule has 0 atom stereocenters. The fourth-order valence-corrected chi connectivity index (χ4v) is 2.08. The number of nitrogens with one attached hydrogen (secondary N) is 2. The Hall–Kier alpha value is -1.66. The fourth-order valence-electron chi connectivity index (χ4n) is 2.08. The smallest absolute Gasteiger partial charge is 0.319 e. The third-order valence-electron chi connectivity index (χ3n) is 3.52. The van der Waals surface area contributed by atoms with Gasteiger partial charge in [-0.2, -0.15) is 0 Å². The lowest BCUT2D eigenvalue weighted by molar-refractivity contribution is -0.0598. The van der Waals surface area contributed by atoms with E-state index < -0.39 is 11.6 Å². The van der Waals surface area contributed by atoms with Crippen molar-refractivity contribution in [1.82, 2.24) is 5.32 Å². The van der Waals surface area contributed by atoms with Gasteiger partial charge >= 0.3 is 6.03 Å². The van der Waals surface area contributed by atoms with E-state index in [1.807, 2.05) is 0 Å². The predicted octanol–water partition coefficient (Wildman–Crippen LogP) is 1.80. The van der Waals surface area contributed by atoms with Crippen molar-refractivity contribution >= 4 is 11.7 Å². The molecule has 3 N–H and O–H groups in total. The van der Waals surface area contributed by atoms with Crippen LogP contribution in [0.5, 0.6) is 0 Å². The summed E-state index contributed by atoms with van der Waals surface area (Å²) in [5.41, 5.74) is -0.124. The molecule has 1 saturated heterocycles. The van der Waals surface area contributed by atoms with Gasteiger partial charge in [0, 0.05) is 43.9 Å². The minimum Gasteiger partial charge on any atom is -0.388 e. The highest BCUT2D eigenvalue weighted by atomic mass is 19.1. The van der Waals surface area contributed by atoms with Crippen LogP contribution in [0, 0.1) is 12.7 Å². The molecule has 0 spiro atoms. The number of benzene rings is 1. The highest BCUT2D eigenvalue weighted by molar-refractivity contribution is 5.90. The van der Waals surface area contributed by atoms with Crippen LogP contribution in [0.2, 0.25) is 0 Å². The molecule has 20 heavy (non-hydrogen) atoms. The molecule has 1 aromatic rings.